The lowest BCUT2D eigenvalue weighted by molar-refractivity contribution is 1.62. The molecular weight excluding hydrogens is 396 g/mol. The first-order valence-corrected chi connectivity index (χ1v) is 10.9. The highest BCUT2D eigenvalue weighted by molar-refractivity contribution is 6.35. The molecule has 0 radical (unpaired) electrons. The normalized spacial score (nSPS) is 11.4. The van der Waals surface area contributed by atoms with Crippen LogP contribution in [0.3, 0.4) is 0 Å². The molecule has 0 nitrogen and oxygen atoms in total. The number of hydrogen-bond acceptors (Lipinski definition) is 0. The van der Waals surface area contributed by atoms with Crippen molar-refractivity contribution in [3.05, 3.63) is 120 Å². The number of rotatable bonds is 2. The average molecular weight is 415 g/mol. The Morgan fingerprint density at radius 1 is 0.387 bits per heavy atom. The number of hydrogen-bond donors (Lipinski definition) is 0. The fourth-order valence-electron chi connectivity index (χ4n) is 4.74. The molecule has 0 N–H and O–H groups in total. The standard InChI is InChI=1S/C30H19Cl/c31-29-18-8-17-27(30(29)26-16-7-11-20-9-1-3-12-22(20)26)28-19-21-10-2-4-13-23(21)24-14-5-6-15-25(24)28/h1-19H. The average Bonchev–Trinajstić information content (AvgIpc) is 2.83. The SMILES string of the molecule is Clc1cccc(-c2cc3ccccc3c3ccccc23)c1-c1cccc2ccccc12. The van der Waals surface area contributed by atoms with E-state index in [9.17, 15) is 0 Å². The van der Waals surface area contributed by atoms with E-state index in [4.69, 9.17) is 11.6 Å². The minimum absolute atomic E-state index is 0.770. The Bertz CT molecular complexity index is 1590. The van der Waals surface area contributed by atoms with Gasteiger partial charge in [0, 0.05) is 10.6 Å². The fraction of sp³-hybridized carbons (Fsp3) is 0. The summed E-state index contributed by atoms with van der Waals surface area (Å²) in [5, 5.41) is 8.21. The summed E-state index contributed by atoms with van der Waals surface area (Å²) in [4.78, 5) is 0. The van der Waals surface area contributed by atoms with Crippen LogP contribution in [0.25, 0.3) is 54.6 Å². The van der Waals surface area contributed by atoms with E-state index in [0.29, 0.717) is 0 Å². The molecule has 0 aliphatic carbocycles. The van der Waals surface area contributed by atoms with Crippen molar-refractivity contribution < 1.29 is 0 Å². The van der Waals surface area contributed by atoms with Gasteiger partial charge in [-0.15, -0.1) is 0 Å². The van der Waals surface area contributed by atoms with E-state index in [1.165, 1.54) is 37.9 Å². The van der Waals surface area contributed by atoms with Gasteiger partial charge in [-0.05, 0) is 61.1 Å². The van der Waals surface area contributed by atoms with E-state index in [2.05, 4.69) is 109 Å². The van der Waals surface area contributed by atoms with E-state index < -0.39 is 0 Å². The quantitative estimate of drug-likeness (QED) is 0.248. The lowest BCUT2D eigenvalue weighted by Gasteiger charge is -2.17. The van der Waals surface area contributed by atoms with E-state index in [1.807, 2.05) is 6.07 Å². The van der Waals surface area contributed by atoms with Crippen LogP contribution in [0.4, 0.5) is 0 Å². The maximum absolute atomic E-state index is 6.88. The second-order valence-electron chi connectivity index (χ2n) is 7.88. The minimum atomic E-state index is 0.770. The first-order chi connectivity index (χ1) is 15.3. The largest absolute Gasteiger partial charge is 0.0836 e. The summed E-state index contributed by atoms with van der Waals surface area (Å²) in [6.45, 7) is 0. The maximum atomic E-state index is 6.88. The fourth-order valence-corrected chi connectivity index (χ4v) is 5.02. The second kappa shape index (κ2) is 7.27. The van der Waals surface area contributed by atoms with Gasteiger partial charge >= 0.3 is 0 Å². The van der Waals surface area contributed by atoms with Crippen LogP contribution in [0.2, 0.25) is 5.02 Å². The Hall–Kier alpha value is -3.61. The van der Waals surface area contributed by atoms with Crippen LogP contribution in [-0.4, -0.2) is 0 Å². The third-order valence-electron chi connectivity index (χ3n) is 6.13. The van der Waals surface area contributed by atoms with Crippen LogP contribution < -0.4 is 0 Å². The van der Waals surface area contributed by atoms with Crippen molar-refractivity contribution in [1.82, 2.24) is 0 Å². The summed E-state index contributed by atoms with van der Waals surface area (Å²) in [6, 6.07) is 40.7. The zero-order valence-electron chi connectivity index (χ0n) is 16.8. The van der Waals surface area contributed by atoms with Gasteiger partial charge < -0.3 is 0 Å². The van der Waals surface area contributed by atoms with Gasteiger partial charge in [0.1, 0.15) is 0 Å². The summed E-state index contributed by atoms with van der Waals surface area (Å²) in [5.41, 5.74) is 4.61. The third-order valence-corrected chi connectivity index (χ3v) is 6.45. The van der Waals surface area contributed by atoms with Crippen molar-refractivity contribution in [2.24, 2.45) is 0 Å². The van der Waals surface area contributed by atoms with E-state index in [-0.39, 0.29) is 0 Å². The molecule has 0 atom stereocenters. The van der Waals surface area contributed by atoms with Gasteiger partial charge in [0.15, 0.2) is 0 Å². The molecule has 6 rings (SSSR count). The highest BCUT2D eigenvalue weighted by atomic mass is 35.5. The monoisotopic (exact) mass is 414 g/mol. The molecule has 0 saturated carbocycles. The summed E-state index contributed by atoms with van der Waals surface area (Å²) in [7, 11) is 0. The Morgan fingerprint density at radius 3 is 1.81 bits per heavy atom. The molecule has 0 unspecified atom stereocenters. The molecule has 0 aromatic heterocycles. The van der Waals surface area contributed by atoms with Gasteiger partial charge in [0.25, 0.3) is 0 Å². The van der Waals surface area contributed by atoms with E-state index in [1.54, 1.807) is 0 Å². The topological polar surface area (TPSA) is 0 Å². The Labute approximate surface area is 186 Å². The van der Waals surface area contributed by atoms with Gasteiger partial charge in [-0.1, -0.05) is 115 Å². The summed E-state index contributed by atoms with van der Waals surface area (Å²) < 4.78 is 0. The first-order valence-electron chi connectivity index (χ1n) is 10.5. The molecule has 1 heteroatoms. The van der Waals surface area contributed by atoms with Crippen molar-refractivity contribution in [3.63, 3.8) is 0 Å². The van der Waals surface area contributed by atoms with Crippen LogP contribution in [0, 0.1) is 0 Å². The van der Waals surface area contributed by atoms with Gasteiger partial charge in [0.2, 0.25) is 0 Å². The molecule has 6 aromatic rings. The Morgan fingerprint density at radius 2 is 0.968 bits per heavy atom. The number of fused-ring (bicyclic) bond motifs is 4. The second-order valence-corrected chi connectivity index (χ2v) is 8.29. The van der Waals surface area contributed by atoms with Crippen LogP contribution in [0.15, 0.2) is 115 Å². The van der Waals surface area contributed by atoms with Gasteiger partial charge in [-0.25, -0.2) is 0 Å². The molecule has 0 aliphatic heterocycles. The molecule has 0 bridgehead atoms. The predicted molar refractivity (Wildman–Crippen MR) is 135 cm³/mol. The van der Waals surface area contributed by atoms with Crippen LogP contribution in [0.5, 0.6) is 0 Å². The summed E-state index contributed by atoms with van der Waals surface area (Å²) in [6.07, 6.45) is 0. The van der Waals surface area contributed by atoms with Gasteiger partial charge in [0.05, 0.1) is 0 Å². The molecule has 6 aromatic carbocycles. The van der Waals surface area contributed by atoms with Crippen molar-refractivity contribution in [2.75, 3.05) is 0 Å². The lowest BCUT2D eigenvalue weighted by atomic mass is 9.87. The van der Waals surface area contributed by atoms with Crippen molar-refractivity contribution in [2.45, 2.75) is 0 Å². The highest BCUT2D eigenvalue weighted by Gasteiger charge is 2.16. The van der Waals surface area contributed by atoms with Crippen LogP contribution >= 0.6 is 11.6 Å². The number of halogens is 1. The number of benzene rings is 6. The molecule has 0 fully saturated rings. The predicted octanol–water partition coefficient (Wildman–Crippen LogP) is 9.13. The van der Waals surface area contributed by atoms with Crippen molar-refractivity contribution in [3.8, 4) is 22.3 Å². The van der Waals surface area contributed by atoms with Crippen molar-refractivity contribution >= 4 is 43.9 Å². The van der Waals surface area contributed by atoms with Crippen LogP contribution in [-0.2, 0) is 0 Å². The zero-order chi connectivity index (χ0) is 20.8. The molecule has 31 heavy (non-hydrogen) atoms. The Kier molecular flexibility index (Phi) is 4.26. The molecule has 146 valence electrons. The molecule has 0 spiro atoms. The highest BCUT2D eigenvalue weighted by Crippen LogP contribution is 2.44. The van der Waals surface area contributed by atoms with E-state index >= 15 is 0 Å². The maximum Gasteiger partial charge on any atom is 0.0490 e. The molecule has 0 saturated heterocycles. The molecule has 0 aliphatic rings. The minimum Gasteiger partial charge on any atom is -0.0836 e. The zero-order valence-corrected chi connectivity index (χ0v) is 17.6. The van der Waals surface area contributed by atoms with Crippen molar-refractivity contribution in [1.29, 1.82) is 0 Å². The van der Waals surface area contributed by atoms with E-state index in [0.717, 1.165) is 21.7 Å². The molecule has 0 amide bonds. The molecule has 0 heterocycles. The third kappa shape index (κ3) is 2.91. The summed E-state index contributed by atoms with van der Waals surface area (Å²) >= 11 is 6.88. The summed E-state index contributed by atoms with van der Waals surface area (Å²) in [5.74, 6) is 0. The van der Waals surface area contributed by atoms with Gasteiger partial charge in [-0.2, -0.15) is 0 Å². The smallest absolute Gasteiger partial charge is 0.0490 e. The molecular formula is C30H19Cl. The first kappa shape index (κ1) is 18.2. The van der Waals surface area contributed by atoms with Gasteiger partial charge in [-0.3, -0.25) is 0 Å². The lowest BCUT2D eigenvalue weighted by Crippen LogP contribution is -1.90. The van der Waals surface area contributed by atoms with Crippen LogP contribution in [0.1, 0.15) is 0 Å². The Balaban J connectivity index is 1.75.